The number of hydrogen-bond donors (Lipinski definition) is 2. The third-order valence-electron chi connectivity index (χ3n) is 2.91. The molecule has 5 nitrogen and oxygen atoms in total. The van der Waals surface area contributed by atoms with Gasteiger partial charge in [0.2, 0.25) is 11.8 Å². The monoisotopic (exact) mass is 280 g/mol. The first-order valence-corrected chi connectivity index (χ1v) is 6.43. The van der Waals surface area contributed by atoms with Gasteiger partial charge in [0.15, 0.2) is 0 Å². The number of piperidine rings is 1. The van der Waals surface area contributed by atoms with Crippen molar-refractivity contribution in [3.05, 3.63) is 35.4 Å². The second kappa shape index (κ2) is 5.84. The molecule has 1 aromatic carbocycles. The van der Waals surface area contributed by atoms with Crippen LogP contribution in [0, 0.1) is 0 Å². The van der Waals surface area contributed by atoms with Gasteiger partial charge in [-0.2, -0.15) is 0 Å². The molecule has 2 N–H and O–H groups in total. The molecule has 0 radical (unpaired) electrons. The number of halogens is 1. The number of nitrogens with one attached hydrogen (secondary N) is 2. The summed E-state index contributed by atoms with van der Waals surface area (Å²) in [6, 6.07) is 6.16. The first-order valence-electron chi connectivity index (χ1n) is 5.89. The zero-order chi connectivity index (χ0) is 13.8. The van der Waals surface area contributed by atoms with Gasteiger partial charge in [-0.1, -0.05) is 12.1 Å². The standard InChI is InChI=1S/C13H13ClN2O3/c14-7-8-1-3-9(4-2-8)12(18)15-10-5-6-11(17)16-13(10)19/h1-4,10H,5-7H2,(H,15,18)(H,16,17,19). The Morgan fingerprint density at radius 2 is 2.00 bits per heavy atom. The number of benzene rings is 1. The zero-order valence-electron chi connectivity index (χ0n) is 10.1. The van der Waals surface area contributed by atoms with E-state index in [9.17, 15) is 14.4 Å². The Morgan fingerprint density at radius 3 is 2.58 bits per heavy atom. The summed E-state index contributed by atoms with van der Waals surface area (Å²) in [4.78, 5) is 34.4. The Bertz CT molecular complexity index is 513. The van der Waals surface area contributed by atoms with Gasteiger partial charge < -0.3 is 5.32 Å². The summed E-state index contributed by atoms with van der Waals surface area (Å²) in [5, 5.41) is 4.80. The Labute approximate surface area is 115 Å². The lowest BCUT2D eigenvalue weighted by Gasteiger charge is -2.21. The van der Waals surface area contributed by atoms with Crippen molar-refractivity contribution in [3.8, 4) is 0 Å². The maximum absolute atomic E-state index is 11.9. The summed E-state index contributed by atoms with van der Waals surface area (Å²) < 4.78 is 0. The number of amides is 3. The molecule has 1 fully saturated rings. The quantitative estimate of drug-likeness (QED) is 0.640. The third kappa shape index (κ3) is 3.32. The van der Waals surface area contributed by atoms with Crippen molar-refractivity contribution in [2.24, 2.45) is 0 Å². The molecule has 6 heteroatoms. The molecule has 0 spiro atoms. The molecule has 1 aliphatic heterocycles. The lowest BCUT2D eigenvalue weighted by atomic mass is 10.1. The predicted octanol–water partition coefficient (Wildman–Crippen LogP) is 0.960. The minimum Gasteiger partial charge on any atom is -0.340 e. The number of carbonyl (C=O) groups is 3. The highest BCUT2D eigenvalue weighted by Crippen LogP contribution is 2.09. The molecular formula is C13H13ClN2O3. The van der Waals surface area contributed by atoms with E-state index in [-0.39, 0.29) is 18.2 Å². The Balaban J connectivity index is 2.00. The second-order valence-electron chi connectivity index (χ2n) is 4.31. The molecule has 3 amide bonds. The van der Waals surface area contributed by atoms with Gasteiger partial charge in [-0.15, -0.1) is 11.6 Å². The summed E-state index contributed by atoms with van der Waals surface area (Å²) in [6.45, 7) is 0. The molecule has 100 valence electrons. The van der Waals surface area contributed by atoms with Crippen LogP contribution in [0.15, 0.2) is 24.3 Å². The van der Waals surface area contributed by atoms with Crippen LogP contribution in [-0.2, 0) is 15.5 Å². The second-order valence-corrected chi connectivity index (χ2v) is 4.57. The van der Waals surface area contributed by atoms with Crippen molar-refractivity contribution >= 4 is 29.3 Å². The topological polar surface area (TPSA) is 75.3 Å². The fourth-order valence-electron chi connectivity index (χ4n) is 1.82. The summed E-state index contributed by atoms with van der Waals surface area (Å²) in [5.41, 5.74) is 1.37. The Kier molecular flexibility index (Phi) is 4.16. The van der Waals surface area contributed by atoms with E-state index in [0.29, 0.717) is 17.9 Å². The van der Waals surface area contributed by atoms with Crippen LogP contribution >= 0.6 is 11.6 Å². The van der Waals surface area contributed by atoms with Crippen LogP contribution in [0.1, 0.15) is 28.8 Å². The minimum absolute atomic E-state index is 0.238. The molecule has 0 aromatic heterocycles. The van der Waals surface area contributed by atoms with Crippen LogP contribution in [0.2, 0.25) is 0 Å². The number of imide groups is 1. The molecule has 0 bridgehead atoms. The molecule has 19 heavy (non-hydrogen) atoms. The highest BCUT2D eigenvalue weighted by molar-refractivity contribution is 6.17. The van der Waals surface area contributed by atoms with Gasteiger partial charge >= 0.3 is 0 Å². The van der Waals surface area contributed by atoms with Gasteiger partial charge in [-0.25, -0.2) is 0 Å². The average Bonchev–Trinajstić information content (AvgIpc) is 2.42. The maximum Gasteiger partial charge on any atom is 0.251 e. The zero-order valence-corrected chi connectivity index (χ0v) is 10.9. The van der Waals surface area contributed by atoms with Gasteiger partial charge in [0.05, 0.1) is 0 Å². The number of rotatable bonds is 3. The maximum atomic E-state index is 11.9. The molecule has 0 aliphatic carbocycles. The SMILES string of the molecule is O=C1CCC(NC(=O)c2ccc(CCl)cc2)C(=O)N1. The largest absolute Gasteiger partial charge is 0.340 e. The van der Waals surface area contributed by atoms with Gasteiger partial charge in [0.1, 0.15) is 6.04 Å². The third-order valence-corrected chi connectivity index (χ3v) is 3.22. The van der Waals surface area contributed by atoms with E-state index in [2.05, 4.69) is 10.6 Å². The predicted molar refractivity (Wildman–Crippen MR) is 69.6 cm³/mol. The van der Waals surface area contributed by atoms with Gasteiger partial charge in [-0.3, -0.25) is 19.7 Å². The van der Waals surface area contributed by atoms with Gasteiger partial charge in [0.25, 0.3) is 5.91 Å². The van der Waals surface area contributed by atoms with E-state index in [1.807, 2.05) is 0 Å². The van der Waals surface area contributed by atoms with Crippen LogP contribution in [0.5, 0.6) is 0 Å². The fraction of sp³-hybridized carbons (Fsp3) is 0.308. The van der Waals surface area contributed by atoms with Gasteiger partial charge in [-0.05, 0) is 24.1 Å². The highest BCUT2D eigenvalue weighted by Gasteiger charge is 2.27. The number of hydrogen-bond acceptors (Lipinski definition) is 3. The summed E-state index contributed by atoms with van der Waals surface area (Å²) >= 11 is 5.66. The first kappa shape index (κ1) is 13.5. The van der Waals surface area contributed by atoms with Crippen molar-refractivity contribution in [1.82, 2.24) is 10.6 Å². The summed E-state index contributed by atoms with van der Waals surface area (Å²) in [7, 11) is 0. The van der Waals surface area contributed by atoms with Crippen molar-refractivity contribution in [2.75, 3.05) is 0 Å². The lowest BCUT2D eigenvalue weighted by Crippen LogP contribution is -2.52. The van der Waals surface area contributed by atoms with E-state index in [1.165, 1.54) is 0 Å². The van der Waals surface area contributed by atoms with Crippen molar-refractivity contribution in [1.29, 1.82) is 0 Å². The molecule has 1 atom stereocenters. The Morgan fingerprint density at radius 1 is 1.32 bits per heavy atom. The first-order chi connectivity index (χ1) is 9.10. The minimum atomic E-state index is -0.655. The molecule has 2 rings (SSSR count). The molecular weight excluding hydrogens is 268 g/mol. The van der Waals surface area contributed by atoms with Crippen LogP contribution in [0.25, 0.3) is 0 Å². The van der Waals surface area contributed by atoms with E-state index in [1.54, 1.807) is 24.3 Å². The van der Waals surface area contributed by atoms with E-state index >= 15 is 0 Å². The Hall–Kier alpha value is -1.88. The number of carbonyl (C=O) groups excluding carboxylic acids is 3. The molecule has 1 aromatic rings. The highest BCUT2D eigenvalue weighted by atomic mass is 35.5. The van der Waals surface area contributed by atoms with E-state index in [4.69, 9.17) is 11.6 Å². The molecule has 1 heterocycles. The van der Waals surface area contributed by atoms with Crippen LogP contribution in [0.3, 0.4) is 0 Å². The molecule has 1 aliphatic rings. The normalized spacial score (nSPS) is 18.9. The van der Waals surface area contributed by atoms with Crippen molar-refractivity contribution < 1.29 is 14.4 Å². The van der Waals surface area contributed by atoms with Crippen molar-refractivity contribution in [2.45, 2.75) is 24.8 Å². The van der Waals surface area contributed by atoms with E-state index < -0.39 is 11.9 Å². The summed E-state index contributed by atoms with van der Waals surface area (Å²) in [6.07, 6.45) is 0.568. The molecule has 0 saturated carbocycles. The lowest BCUT2D eigenvalue weighted by molar-refractivity contribution is -0.134. The average molecular weight is 281 g/mol. The smallest absolute Gasteiger partial charge is 0.251 e. The molecule has 1 unspecified atom stereocenters. The fourth-order valence-corrected chi connectivity index (χ4v) is 2.00. The summed E-state index contributed by atoms with van der Waals surface area (Å²) in [5.74, 6) is -0.714. The van der Waals surface area contributed by atoms with Crippen LogP contribution < -0.4 is 10.6 Å². The molecule has 1 saturated heterocycles. The number of alkyl halides is 1. The van der Waals surface area contributed by atoms with Crippen molar-refractivity contribution in [3.63, 3.8) is 0 Å². The van der Waals surface area contributed by atoms with Crippen LogP contribution in [0.4, 0.5) is 0 Å². The van der Waals surface area contributed by atoms with Gasteiger partial charge in [0, 0.05) is 17.9 Å². The van der Waals surface area contributed by atoms with E-state index in [0.717, 1.165) is 5.56 Å². The van der Waals surface area contributed by atoms with Crippen LogP contribution in [-0.4, -0.2) is 23.8 Å².